The average molecular weight is 354 g/mol. The Labute approximate surface area is 156 Å². The maximum absolute atomic E-state index is 12.2. The van der Waals surface area contributed by atoms with Gasteiger partial charge in [-0.05, 0) is 25.8 Å². The fourth-order valence-corrected chi connectivity index (χ4v) is 4.09. The summed E-state index contributed by atoms with van der Waals surface area (Å²) in [6.07, 6.45) is 15.5. The summed E-state index contributed by atoms with van der Waals surface area (Å²) in [5.41, 5.74) is 6.23. The van der Waals surface area contributed by atoms with Gasteiger partial charge < -0.3 is 11.1 Å². The van der Waals surface area contributed by atoms with Crippen molar-refractivity contribution < 1.29 is 4.79 Å². The largest absolute Gasteiger partial charge is 0.359 e. The lowest BCUT2D eigenvalue weighted by Gasteiger charge is -2.40. The highest BCUT2D eigenvalue weighted by Gasteiger charge is 2.34. The smallest absolute Gasteiger partial charge is 0.225 e. The standard InChI is InChI=1S/C21H43N3O/c1-4-6-8-10-12-14-18(13-11-9-7-5-2)24-16-15-20(22)19(17-24)21(25)23-3/h18-20H,4-17,22H2,1-3H3,(H,23,25)/t18?,19-,20-/m1/s1. The predicted octanol–water partition coefficient (Wildman–Crippen LogP) is 4.08. The summed E-state index contributed by atoms with van der Waals surface area (Å²) in [6, 6.07) is 0.652. The number of nitrogens with one attached hydrogen (secondary N) is 1. The van der Waals surface area contributed by atoms with Crippen LogP contribution in [0.1, 0.15) is 90.9 Å². The second-order valence-corrected chi connectivity index (χ2v) is 7.87. The van der Waals surface area contributed by atoms with E-state index in [1.807, 2.05) is 0 Å². The Morgan fingerprint density at radius 3 is 2.16 bits per heavy atom. The summed E-state index contributed by atoms with van der Waals surface area (Å²) in [7, 11) is 1.73. The topological polar surface area (TPSA) is 58.4 Å². The van der Waals surface area contributed by atoms with Crippen LogP contribution in [0.15, 0.2) is 0 Å². The molecule has 1 fully saturated rings. The third kappa shape index (κ3) is 8.54. The Morgan fingerprint density at radius 2 is 1.60 bits per heavy atom. The van der Waals surface area contributed by atoms with Crippen LogP contribution in [0.2, 0.25) is 0 Å². The van der Waals surface area contributed by atoms with Gasteiger partial charge in [0.15, 0.2) is 0 Å². The van der Waals surface area contributed by atoms with Crippen molar-refractivity contribution >= 4 is 5.91 Å². The van der Waals surface area contributed by atoms with Gasteiger partial charge in [0.25, 0.3) is 0 Å². The summed E-state index contributed by atoms with van der Waals surface area (Å²) >= 11 is 0. The van der Waals surface area contributed by atoms with E-state index in [4.69, 9.17) is 5.73 Å². The Bertz CT molecular complexity index is 348. The fourth-order valence-electron chi connectivity index (χ4n) is 4.09. The van der Waals surface area contributed by atoms with E-state index < -0.39 is 0 Å². The van der Waals surface area contributed by atoms with Crippen molar-refractivity contribution in [3.8, 4) is 0 Å². The zero-order valence-electron chi connectivity index (χ0n) is 17.1. The average Bonchev–Trinajstić information content (AvgIpc) is 2.63. The molecule has 0 bridgehead atoms. The lowest BCUT2D eigenvalue weighted by molar-refractivity contribution is -0.127. The molecule has 1 heterocycles. The molecule has 4 heteroatoms. The number of unbranched alkanes of at least 4 members (excludes halogenated alkanes) is 7. The first-order valence-electron chi connectivity index (χ1n) is 10.8. The molecule has 1 amide bonds. The highest BCUT2D eigenvalue weighted by atomic mass is 16.1. The molecule has 3 atom stereocenters. The second kappa shape index (κ2) is 13.6. The van der Waals surface area contributed by atoms with E-state index in [1.165, 1.54) is 70.6 Å². The molecule has 1 saturated heterocycles. The van der Waals surface area contributed by atoms with E-state index in [1.54, 1.807) is 7.05 Å². The molecule has 0 aliphatic carbocycles. The van der Waals surface area contributed by atoms with Crippen molar-refractivity contribution in [2.75, 3.05) is 20.1 Å². The van der Waals surface area contributed by atoms with Gasteiger partial charge >= 0.3 is 0 Å². The molecule has 148 valence electrons. The van der Waals surface area contributed by atoms with Crippen LogP contribution in [0.5, 0.6) is 0 Å². The van der Waals surface area contributed by atoms with E-state index in [2.05, 4.69) is 24.1 Å². The number of piperidine rings is 1. The van der Waals surface area contributed by atoms with Gasteiger partial charge in [-0.3, -0.25) is 9.69 Å². The molecule has 3 N–H and O–H groups in total. The summed E-state index contributed by atoms with van der Waals surface area (Å²) in [5, 5.41) is 2.81. The third-order valence-electron chi connectivity index (χ3n) is 5.83. The molecule has 0 aromatic carbocycles. The minimum absolute atomic E-state index is 0.0153. The van der Waals surface area contributed by atoms with Crippen molar-refractivity contribution in [3.05, 3.63) is 0 Å². The summed E-state index contributed by atoms with van der Waals surface area (Å²) < 4.78 is 0. The lowest BCUT2D eigenvalue weighted by Crippen LogP contribution is -2.55. The van der Waals surface area contributed by atoms with Crippen LogP contribution in [-0.2, 0) is 4.79 Å². The van der Waals surface area contributed by atoms with Crippen molar-refractivity contribution in [3.63, 3.8) is 0 Å². The number of likely N-dealkylation sites (tertiary alicyclic amines) is 1. The van der Waals surface area contributed by atoms with Crippen LogP contribution in [0.4, 0.5) is 0 Å². The molecule has 4 nitrogen and oxygen atoms in total. The number of amides is 1. The molecule has 1 rings (SSSR count). The van der Waals surface area contributed by atoms with Gasteiger partial charge in [0.05, 0.1) is 5.92 Å². The molecule has 1 aliphatic heterocycles. The van der Waals surface area contributed by atoms with Crippen molar-refractivity contribution in [1.29, 1.82) is 0 Å². The minimum Gasteiger partial charge on any atom is -0.359 e. The second-order valence-electron chi connectivity index (χ2n) is 7.87. The molecular formula is C21H43N3O. The number of nitrogens with two attached hydrogens (primary N) is 1. The zero-order valence-corrected chi connectivity index (χ0v) is 17.1. The molecule has 1 aliphatic rings. The summed E-state index contributed by atoms with van der Waals surface area (Å²) in [5.74, 6) is 0.0712. The minimum atomic E-state index is -0.0445. The van der Waals surface area contributed by atoms with Crippen molar-refractivity contribution in [1.82, 2.24) is 10.2 Å². The maximum Gasteiger partial charge on any atom is 0.225 e. The molecule has 1 unspecified atom stereocenters. The van der Waals surface area contributed by atoms with Crippen LogP contribution in [-0.4, -0.2) is 43.0 Å². The Balaban J connectivity index is 2.54. The molecule has 0 aromatic heterocycles. The van der Waals surface area contributed by atoms with Gasteiger partial charge in [-0.1, -0.05) is 71.6 Å². The predicted molar refractivity (Wildman–Crippen MR) is 108 cm³/mol. The van der Waals surface area contributed by atoms with E-state index in [9.17, 15) is 4.79 Å². The lowest BCUT2D eigenvalue weighted by atomic mass is 9.89. The van der Waals surface area contributed by atoms with Crippen LogP contribution in [0.25, 0.3) is 0 Å². The van der Waals surface area contributed by atoms with Gasteiger partial charge in [-0.2, -0.15) is 0 Å². The summed E-state index contributed by atoms with van der Waals surface area (Å²) in [6.45, 7) is 6.44. The number of carbonyl (C=O) groups is 1. The number of nitrogens with zero attached hydrogens (tertiary/aromatic N) is 1. The SMILES string of the molecule is CCCCCCCC(CCCCCC)N1CC[C@@H](N)[C@H](C(=O)NC)C1. The van der Waals surface area contributed by atoms with Gasteiger partial charge in [-0.15, -0.1) is 0 Å². The van der Waals surface area contributed by atoms with Crippen LogP contribution < -0.4 is 11.1 Å². The van der Waals surface area contributed by atoms with E-state index in [0.717, 1.165) is 19.5 Å². The van der Waals surface area contributed by atoms with Crippen LogP contribution >= 0.6 is 0 Å². The Morgan fingerprint density at radius 1 is 1.04 bits per heavy atom. The van der Waals surface area contributed by atoms with Gasteiger partial charge in [-0.25, -0.2) is 0 Å². The fraction of sp³-hybridized carbons (Fsp3) is 0.952. The van der Waals surface area contributed by atoms with Crippen LogP contribution in [0, 0.1) is 5.92 Å². The van der Waals surface area contributed by atoms with Gasteiger partial charge in [0.1, 0.15) is 0 Å². The quantitative estimate of drug-likeness (QED) is 0.491. The highest BCUT2D eigenvalue weighted by Crippen LogP contribution is 2.24. The third-order valence-corrected chi connectivity index (χ3v) is 5.83. The van der Waals surface area contributed by atoms with Crippen LogP contribution in [0.3, 0.4) is 0 Å². The van der Waals surface area contributed by atoms with E-state index in [-0.39, 0.29) is 17.9 Å². The number of carbonyl (C=O) groups excluding carboxylic acids is 1. The van der Waals surface area contributed by atoms with E-state index in [0.29, 0.717) is 6.04 Å². The number of hydrogen-bond acceptors (Lipinski definition) is 3. The first-order valence-corrected chi connectivity index (χ1v) is 10.8. The van der Waals surface area contributed by atoms with Crippen molar-refractivity contribution in [2.45, 2.75) is 103 Å². The first-order chi connectivity index (χ1) is 12.1. The van der Waals surface area contributed by atoms with Gasteiger partial charge in [0, 0.05) is 25.7 Å². The van der Waals surface area contributed by atoms with E-state index >= 15 is 0 Å². The molecule has 25 heavy (non-hydrogen) atoms. The molecule has 0 saturated carbocycles. The molecule has 0 aromatic rings. The molecular weight excluding hydrogens is 310 g/mol. The van der Waals surface area contributed by atoms with Gasteiger partial charge in [0.2, 0.25) is 5.91 Å². The first kappa shape index (κ1) is 22.4. The maximum atomic E-state index is 12.2. The van der Waals surface area contributed by atoms with Crippen molar-refractivity contribution in [2.24, 2.45) is 11.7 Å². The number of hydrogen-bond donors (Lipinski definition) is 2. The monoisotopic (exact) mass is 353 g/mol. The Hall–Kier alpha value is -0.610. The highest BCUT2D eigenvalue weighted by molar-refractivity contribution is 5.79. The zero-order chi connectivity index (χ0) is 18.5. The normalized spacial score (nSPS) is 22.7. The molecule has 0 radical (unpaired) electrons. The number of rotatable bonds is 13. The summed E-state index contributed by atoms with van der Waals surface area (Å²) in [4.78, 5) is 14.7. The molecule has 0 spiro atoms. The Kier molecular flexibility index (Phi) is 12.2.